The number of nitrogens with zero attached hydrogens (tertiary/aromatic N) is 2. The van der Waals surface area contributed by atoms with E-state index in [1.165, 1.54) is 0 Å². The van der Waals surface area contributed by atoms with E-state index < -0.39 is 0 Å². The summed E-state index contributed by atoms with van der Waals surface area (Å²) in [4.78, 5) is 0. The maximum Gasteiger partial charge on any atom is 0.0784 e. The van der Waals surface area contributed by atoms with Crippen LogP contribution in [-0.4, -0.2) is 36.2 Å². The van der Waals surface area contributed by atoms with Gasteiger partial charge in [0.05, 0.1) is 6.54 Å². The summed E-state index contributed by atoms with van der Waals surface area (Å²) < 4.78 is 0. The predicted octanol–water partition coefficient (Wildman–Crippen LogP) is 0.187. The Morgan fingerprint density at radius 1 is 1.42 bits per heavy atom. The molecule has 0 aliphatic carbocycles. The normalized spacial score (nSPS) is 10.9. The fourth-order valence-electron chi connectivity index (χ4n) is 0.603. The minimum absolute atomic E-state index is 0.476. The monoisotopic (exact) mass is 174 g/mol. The summed E-state index contributed by atoms with van der Waals surface area (Å²) >= 11 is 0. The molecule has 0 unspecified atom stereocenters. The van der Waals surface area contributed by atoms with Crippen LogP contribution < -0.4 is 10.9 Å². The molecule has 0 rings (SSSR count). The quantitative estimate of drug-likeness (QED) is 0.293. The average Bonchev–Trinajstić information content (AvgIpc) is 2.09. The third kappa shape index (κ3) is 7.46. The summed E-state index contributed by atoms with van der Waals surface area (Å²) in [6, 6.07) is 0. The van der Waals surface area contributed by atoms with E-state index in [2.05, 4.69) is 16.0 Å². The molecule has 0 heterocycles. The highest BCUT2D eigenvalue weighted by Gasteiger charge is 1.91. The van der Waals surface area contributed by atoms with Crippen LogP contribution >= 0.6 is 0 Å². The van der Waals surface area contributed by atoms with Crippen molar-refractivity contribution in [1.82, 2.24) is 16.0 Å². The van der Waals surface area contributed by atoms with E-state index in [0.29, 0.717) is 13.1 Å². The summed E-state index contributed by atoms with van der Waals surface area (Å²) in [5, 5.41) is 13.7. The van der Waals surface area contributed by atoms with Gasteiger partial charge in [-0.25, -0.2) is 0 Å². The van der Waals surface area contributed by atoms with Crippen LogP contribution in [0.4, 0.5) is 0 Å². The highest BCUT2D eigenvalue weighted by molar-refractivity contribution is 5.55. The van der Waals surface area contributed by atoms with Gasteiger partial charge >= 0.3 is 0 Å². The molecule has 0 aromatic rings. The van der Waals surface area contributed by atoms with Gasteiger partial charge < -0.3 is 0 Å². The second-order valence-corrected chi connectivity index (χ2v) is 2.26. The van der Waals surface area contributed by atoms with Gasteiger partial charge in [-0.2, -0.15) is 10.3 Å². The summed E-state index contributed by atoms with van der Waals surface area (Å²) in [6.45, 7) is 5.96. The fraction of sp³-hybridized carbons (Fsp3) is 0.857. The molecule has 0 saturated carbocycles. The highest BCUT2D eigenvalue weighted by Crippen LogP contribution is 1.80. The number of nitrogens with one attached hydrogen (secondary N) is 2. The van der Waals surface area contributed by atoms with Crippen LogP contribution in [-0.2, 0) is 0 Å². The largest absolute Gasteiger partial charge is 0.272 e. The van der Waals surface area contributed by atoms with Gasteiger partial charge in [-0.15, -0.1) is 0 Å². The Balaban J connectivity index is 3.19. The van der Waals surface area contributed by atoms with Crippen molar-refractivity contribution in [2.75, 3.05) is 19.6 Å². The maximum atomic E-state index is 9.05. The molecule has 3 N–H and O–H groups in total. The van der Waals surface area contributed by atoms with Crippen molar-refractivity contribution in [3.63, 3.8) is 0 Å². The van der Waals surface area contributed by atoms with Gasteiger partial charge in [0.15, 0.2) is 0 Å². The number of hydrazine groups is 1. The van der Waals surface area contributed by atoms with Gasteiger partial charge in [0, 0.05) is 19.3 Å². The van der Waals surface area contributed by atoms with Gasteiger partial charge in [0.2, 0.25) is 0 Å². The summed E-state index contributed by atoms with van der Waals surface area (Å²) in [5.74, 6) is 0. The smallest absolute Gasteiger partial charge is 0.0784 e. The SMILES string of the molecule is CC/C=N/N(O)CCNNCC. The van der Waals surface area contributed by atoms with Crippen LogP contribution in [0.15, 0.2) is 5.10 Å². The van der Waals surface area contributed by atoms with Crippen LogP contribution in [0.5, 0.6) is 0 Å². The molecule has 0 saturated heterocycles. The first-order valence-electron chi connectivity index (χ1n) is 4.25. The van der Waals surface area contributed by atoms with Crippen molar-refractivity contribution in [2.45, 2.75) is 20.3 Å². The maximum absolute atomic E-state index is 9.05. The Morgan fingerprint density at radius 3 is 2.75 bits per heavy atom. The lowest BCUT2D eigenvalue weighted by Crippen LogP contribution is -2.36. The van der Waals surface area contributed by atoms with Gasteiger partial charge in [0.1, 0.15) is 0 Å². The molecule has 0 aromatic heterocycles. The van der Waals surface area contributed by atoms with E-state index in [9.17, 15) is 0 Å². The molecule has 5 heteroatoms. The van der Waals surface area contributed by atoms with Crippen LogP contribution in [0, 0.1) is 0 Å². The highest BCUT2D eigenvalue weighted by atomic mass is 16.5. The third-order valence-electron chi connectivity index (χ3n) is 1.14. The van der Waals surface area contributed by atoms with E-state index in [-0.39, 0.29) is 0 Å². The molecule has 72 valence electrons. The third-order valence-corrected chi connectivity index (χ3v) is 1.14. The van der Waals surface area contributed by atoms with Gasteiger partial charge in [0.25, 0.3) is 0 Å². The first kappa shape index (κ1) is 11.4. The van der Waals surface area contributed by atoms with Crippen molar-refractivity contribution in [2.24, 2.45) is 5.10 Å². The first-order valence-corrected chi connectivity index (χ1v) is 4.25. The van der Waals surface area contributed by atoms with Crippen LogP contribution in [0.3, 0.4) is 0 Å². The second kappa shape index (κ2) is 8.45. The minimum Gasteiger partial charge on any atom is -0.272 e. The summed E-state index contributed by atoms with van der Waals surface area (Å²) in [5.41, 5.74) is 5.84. The molecule has 5 nitrogen and oxygen atoms in total. The number of hydrogen-bond acceptors (Lipinski definition) is 5. The standard InChI is InChI=1S/C7H18N4O/c1-3-5-10-11(12)7-6-9-8-4-2/h5,8-9,12H,3-4,6-7H2,1-2H3/b10-5+. The van der Waals surface area contributed by atoms with E-state index in [4.69, 9.17) is 5.21 Å². The van der Waals surface area contributed by atoms with Crippen molar-refractivity contribution in [3.05, 3.63) is 0 Å². The molecule has 0 bridgehead atoms. The molecule has 0 aliphatic heterocycles. The van der Waals surface area contributed by atoms with Crippen molar-refractivity contribution >= 4 is 6.21 Å². The lowest BCUT2D eigenvalue weighted by molar-refractivity contribution is -0.0879. The average molecular weight is 174 g/mol. The lowest BCUT2D eigenvalue weighted by atomic mass is 10.5. The summed E-state index contributed by atoms with van der Waals surface area (Å²) in [6.07, 6.45) is 2.49. The van der Waals surface area contributed by atoms with Crippen LogP contribution in [0.1, 0.15) is 20.3 Å². The van der Waals surface area contributed by atoms with Crippen molar-refractivity contribution in [3.8, 4) is 0 Å². The molecule has 0 spiro atoms. The Labute approximate surface area is 73.4 Å². The first-order chi connectivity index (χ1) is 5.81. The second-order valence-electron chi connectivity index (χ2n) is 2.26. The lowest BCUT2D eigenvalue weighted by Gasteiger charge is -2.10. The number of hydroxylamine groups is 1. The number of hydrazone groups is 1. The predicted molar refractivity (Wildman–Crippen MR) is 49.0 cm³/mol. The van der Waals surface area contributed by atoms with Gasteiger partial charge in [-0.1, -0.05) is 13.8 Å². The number of hydrogen-bond donors (Lipinski definition) is 3. The Bertz CT molecular complexity index is 118. The van der Waals surface area contributed by atoms with E-state index >= 15 is 0 Å². The molecule has 0 aliphatic rings. The zero-order valence-electron chi connectivity index (χ0n) is 7.75. The van der Waals surface area contributed by atoms with Crippen LogP contribution in [0.25, 0.3) is 0 Å². The molecule has 0 aromatic carbocycles. The minimum atomic E-state index is 0.476. The van der Waals surface area contributed by atoms with Gasteiger partial charge in [-0.05, 0) is 6.42 Å². The van der Waals surface area contributed by atoms with Crippen LogP contribution in [0.2, 0.25) is 0 Å². The summed E-state index contributed by atoms with van der Waals surface area (Å²) in [7, 11) is 0. The zero-order chi connectivity index (χ0) is 9.23. The topological polar surface area (TPSA) is 59.9 Å². The molecule has 0 fully saturated rings. The van der Waals surface area contributed by atoms with Crippen molar-refractivity contribution in [1.29, 1.82) is 0 Å². The fourth-order valence-corrected chi connectivity index (χ4v) is 0.603. The molecule has 12 heavy (non-hydrogen) atoms. The van der Waals surface area contributed by atoms with Crippen molar-refractivity contribution < 1.29 is 5.21 Å². The zero-order valence-corrected chi connectivity index (χ0v) is 7.75. The molecular weight excluding hydrogens is 156 g/mol. The Morgan fingerprint density at radius 2 is 2.17 bits per heavy atom. The Kier molecular flexibility index (Phi) is 7.99. The Hall–Kier alpha value is -0.650. The van der Waals surface area contributed by atoms with Gasteiger partial charge in [-0.3, -0.25) is 16.1 Å². The molecule has 0 amide bonds. The van der Waals surface area contributed by atoms with E-state index in [0.717, 1.165) is 18.1 Å². The van der Waals surface area contributed by atoms with E-state index in [1.54, 1.807) is 6.21 Å². The van der Waals surface area contributed by atoms with E-state index in [1.807, 2.05) is 13.8 Å². The molecule has 0 radical (unpaired) electrons. The number of rotatable bonds is 7. The molecular formula is C7H18N4O. The molecule has 0 atom stereocenters.